The summed E-state index contributed by atoms with van der Waals surface area (Å²) in [6, 6.07) is 4.00. The Morgan fingerprint density at radius 1 is 1.53 bits per heavy atom. The second-order valence-electron chi connectivity index (χ2n) is 4.53. The van der Waals surface area contributed by atoms with E-state index in [1.54, 1.807) is 19.0 Å². The Hall–Kier alpha value is -1.29. The summed E-state index contributed by atoms with van der Waals surface area (Å²) in [5.74, 6) is 0.110. The zero-order chi connectivity index (χ0) is 12.8. The van der Waals surface area contributed by atoms with Crippen molar-refractivity contribution in [2.24, 2.45) is 0 Å². The zero-order valence-corrected chi connectivity index (χ0v) is 11.2. The van der Waals surface area contributed by atoms with Crippen molar-refractivity contribution in [3.8, 4) is 0 Å². The average Bonchev–Trinajstić information content (AvgIpc) is 2.73. The fourth-order valence-electron chi connectivity index (χ4n) is 1.80. The van der Waals surface area contributed by atoms with Crippen molar-refractivity contribution in [1.82, 2.24) is 14.8 Å². The van der Waals surface area contributed by atoms with Gasteiger partial charge >= 0.3 is 0 Å². The Morgan fingerprint density at radius 2 is 2.24 bits per heavy atom. The van der Waals surface area contributed by atoms with Gasteiger partial charge in [0.25, 0.3) is 0 Å². The summed E-state index contributed by atoms with van der Waals surface area (Å²) < 4.78 is 2.22. The first-order chi connectivity index (χ1) is 8.06. The van der Waals surface area contributed by atoms with Crippen LogP contribution in [0.1, 0.15) is 26.0 Å². The van der Waals surface area contributed by atoms with E-state index in [-0.39, 0.29) is 11.9 Å². The molecule has 1 aromatic heterocycles. The van der Waals surface area contributed by atoms with Crippen molar-refractivity contribution < 1.29 is 4.79 Å². The smallest absolute Gasteiger partial charge is 0.238 e. The number of carbonyl (C=O) groups is 1. The molecular formula is C13H23N3O. The molecule has 0 spiro atoms. The van der Waals surface area contributed by atoms with Gasteiger partial charge in [-0.15, -0.1) is 0 Å². The summed E-state index contributed by atoms with van der Waals surface area (Å²) in [7, 11) is 3.56. The lowest BCUT2D eigenvalue weighted by molar-refractivity contribution is -0.130. The SMILES string of the molecule is CCCn1cccc1CNC(C)C(=O)N(C)C. The van der Waals surface area contributed by atoms with Gasteiger partial charge in [-0.1, -0.05) is 6.92 Å². The van der Waals surface area contributed by atoms with Crippen molar-refractivity contribution >= 4 is 5.91 Å². The molecule has 96 valence electrons. The number of hydrogen-bond acceptors (Lipinski definition) is 2. The molecule has 1 N–H and O–H groups in total. The van der Waals surface area contributed by atoms with E-state index >= 15 is 0 Å². The van der Waals surface area contributed by atoms with Crippen LogP contribution >= 0.6 is 0 Å². The third kappa shape index (κ3) is 3.89. The highest BCUT2D eigenvalue weighted by molar-refractivity contribution is 5.80. The Balaban J connectivity index is 2.49. The quantitative estimate of drug-likeness (QED) is 0.813. The van der Waals surface area contributed by atoms with Crippen molar-refractivity contribution in [2.75, 3.05) is 14.1 Å². The Bertz CT molecular complexity index is 357. The van der Waals surface area contributed by atoms with Crippen molar-refractivity contribution in [1.29, 1.82) is 0 Å². The van der Waals surface area contributed by atoms with E-state index in [1.165, 1.54) is 5.69 Å². The van der Waals surface area contributed by atoms with Crippen LogP contribution in [0.15, 0.2) is 18.3 Å². The van der Waals surface area contributed by atoms with Crippen molar-refractivity contribution in [3.63, 3.8) is 0 Å². The molecule has 0 aliphatic heterocycles. The average molecular weight is 237 g/mol. The van der Waals surface area contributed by atoms with Gasteiger partial charge in [0.2, 0.25) is 5.91 Å². The highest BCUT2D eigenvalue weighted by atomic mass is 16.2. The molecule has 4 nitrogen and oxygen atoms in total. The lowest BCUT2D eigenvalue weighted by atomic mass is 10.3. The molecule has 1 aromatic rings. The minimum Gasteiger partial charge on any atom is -0.350 e. The molecule has 0 aromatic carbocycles. The van der Waals surface area contributed by atoms with Gasteiger partial charge in [0.15, 0.2) is 0 Å². The number of aryl methyl sites for hydroxylation is 1. The third-order valence-corrected chi connectivity index (χ3v) is 2.79. The molecule has 0 saturated carbocycles. The summed E-state index contributed by atoms with van der Waals surface area (Å²) in [4.78, 5) is 13.3. The number of amides is 1. The third-order valence-electron chi connectivity index (χ3n) is 2.79. The van der Waals surface area contributed by atoms with Crippen LogP contribution in [0.25, 0.3) is 0 Å². The Kier molecular flexibility index (Phi) is 5.22. The van der Waals surface area contributed by atoms with Crippen molar-refractivity contribution in [2.45, 2.75) is 39.4 Å². The van der Waals surface area contributed by atoms with E-state index in [0.717, 1.165) is 19.5 Å². The standard InChI is InChI=1S/C13H23N3O/c1-5-8-16-9-6-7-12(16)10-14-11(2)13(17)15(3)4/h6-7,9,11,14H,5,8,10H2,1-4H3. The molecule has 0 saturated heterocycles. The molecule has 4 heteroatoms. The van der Waals surface area contributed by atoms with Crippen LogP contribution in [-0.2, 0) is 17.9 Å². The molecule has 1 unspecified atom stereocenters. The summed E-state index contributed by atoms with van der Waals surface area (Å²) in [5.41, 5.74) is 1.23. The predicted molar refractivity (Wildman–Crippen MR) is 69.7 cm³/mol. The van der Waals surface area contributed by atoms with E-state index in [1.807, 2.05) is 13.0 Å². The summed E-state index contributed by atoms with van der Waals surface area (Å²) in [6.07, 6.45) is 3.20. The molecule has 1 rings (SSSR count). The van der Waals surface area contributed by atoms with Crippen LogP contribution in [0.4, 0.5) is 0 Å². The maximum atomic E-state index is 11.7. The van der Waals surface area contributed by atoms with Crippen LogP contribution in [0, 0.1) is 0 Å². The number of nitrogens with zero attached hydrogens (tertiary/aromatic N) is 2. The number of aromatic nitrogens is 1. The van der Waals surface area contributed by atoms with Gasteiger partial charge in [0.1, 0.15) is 0 Å². The highest BCUT2D eigenvalue weighted by Crippen LogP contribution is 2.04. The van der Waals surface area contributed by atoms with Crippen LogP contribution in [-0.4, -0.2) is 35.5 Å². The first kappa shape index (κ1) is 13.8. The van der Waals surface area contributed by atoms with E-state index in [9.17, 15) is 4.79 Å². The minimum atomic E-state index is -0.144. The van der Waals surface area contributed by atoms with Crippen LogP contribution in [0.5, 0.6) is 0 Å². The fraction of sp³-hybridized carbons (Fsp3) is 0.615. The molecule has 1 atom stereocenters. The van der Waals surface area contributed by atoms with Crippen molar-refractivity contribution in [3.05, 3.63) is 24.0 Å². The van der Waals surface area contributed by atoms with Gasteiger partial charge in [-0.2, -0.15) is 0 Å². The van der Waals surface area contributed by atoms with Gasteiger partial charge in [-0.3, -0.25) is 4.79 Å². The number of nitrogens with one attached hydrogen (secondary N) is 1. The van der Waals surface area contributed by atoms with E-state index in [2.05, 4.69) is 29.1 Å². The molecule has 0 bridgehead atoms. The largest absolute Gasteiger partial charge is 0.350 e. The number of carbonyl (C=O) groups excluding carboxylic acids is 1. The molecule has 0 aliphatic carbocycles. The molecular weight excluding hydrogens is 214 g/mol. The maximum Gasteiger partial charge on any atom is 0.238 e. The molecule has 0 radical (unpaired) electrons. The van der Waals surface area contributed by atoms with Crippen LogP contribution in [0.3, 0.4) is 0 Å². The number of likely N-dealkylation sites (N-methyl/N-ethyl adjacent to an activating group) is 1. The summed E-state index contributed by atoms with van der Waals surface area (Å²) in [6.45, 7) is 5.82. The summed E-state index contributed by atoms with van der Waals surface area (Å²) in [5, 5.41) is 3.25. The van der Waals surface area contributed by atoms with Crippen LogP contribution in [0.2, 0.25) is 0 Å². The fourth-order valence-corrected chi connectivity index (χ4v) is 1.80. The summed E-state index contributed by atoms with van der Waals surface area (Å²) >= 11 is 0. The first-order valence-corrected chi connectivity index (χ1v) is 6.14. The molecule has 17 heavy (non-hydrogen) atoms. The minimum absolute atomic E-state index is 0.110. The molecule has 1 heterocycles. The first-order valence-electron chi connectivity index (χ1n) is 6.14. The van der Waals surface area contributed by atoms with Gasteiger partial charge in [0, 0.05) is 39.1 Å². The predicted octanol–water partition coefficient (Wildman–Crippen LogP) is 1.46. The lowest BCUT2D eigenvalue weighted by Crippen LogP contribution is -2.41. The number of rotatable bonds is 6. The Labute approximate surface area is 104 Å². The Morgan fingerprint density at radius 3 is 2.82 bits per heavy atom. The number of hydrogen-bond donors (Lipinski definition) is 1. The highest BCUT2D eigenvalue weighted by Gasteiger charge is 2.14. The topological polar surface area (TPSA) is 37.3 Å². The lowest BCUT2D eigenvalue weighted by Gasteiger charge is -2.18. The zero-order valence-electron chi connectivity index (χ0n) is 11.2. The molecule has 1 amide bonds. The molecule has 0 fully saturated rings. The van der Waals surface area contributed by atoms with Gasteiger partial charge in [-0.25, -0.2) is 0 Å². The van der Waals surface area contributed by atoms with Crippen LogP contribution < -0.4 is 5.32 Å². The van der Waals surface area contributed by atoms with E-state index in [0.29, 0.717) is 0 Å². The van der Waals surface area contributed by atoms with E-state index in [4.69, 9.17) is 0 Å². The second-order valence-corrected chi connectivity index (χ2v) is 4.53. The van der Waals surface area contributed by atoms with Gasteiger partial charge in [-0.05, 0) is 25.5 Å². The van der Waals surface area contributed by atoms with E-state index < -0.39 is 0 Å². The second kappa shape index (κ2) is 6.45. The van der Waals surface area contributed by atoms with Gasteiger partial charge < -0.3 is 14.8 Å². The van der Waals surface area contributed by atoms with Gasteiger partial charge in [0.05, 0.1) is 6.04 Å². The molecule has 0 aliphatic rings. The monoisotopic (exact) mass is 237 g/mol. The normalized spacial score (nSPS) is 12.5. The maximum absolute atomic E-state index is 11.7.